The van der Waals surface area contributed by atoms with Gasteiger partial charge in [-0.3, -0.25) is 14.7 Å². The molecule has 116 valence electrons. The normalized spacial score (nSPS) is 20.2. The van der Waals surface area contributed by atoms with Crippen molar-refractivity contribution >= 4 is 5.91 Å². The molecule has 0 aromatic carbocycles. The fourth-order valence-corrected chi connectivity index (χ4v) is 2.00. The van der Waals surface area contributed by atoms with E-state index in [9.17, 15) is 18.0 Å². The van der Waals surface area contributed by atoms with Crippen molar-refractivity contribution in [1.29, 1.82) is 0 Å². The first-order chi connectivity index (χ1) is 9.95. The Kier molecular flexibility index (Phi) is 5.13. The summed E-state index contributed by atoms with van der Waals surface area (Å²) in [6, 6.07) is 5.31. The molecule has 1 aromatic rings. The second-order valence-electron chi connectivity index (χ2n) is 4.73. The molecule has 5 nitrogen and oxygen atoms in total. The van der Waals surface area contributed by atoms with E-state index in [1.165, 1.54) is 4.90 Å². The third-order valence-electron chi connectivity index (χ3n) is 3.08. The highest BCUT2D eigenvalue weighted by Gasteiger charge is 2.43. The quantitative estimate of drug-likeness (QED) is 0.900. The molecule has 1 aliphatic rings. The molecule has 1 atom stereocenters. The van der Waals surface area contributed by atoms with Crippen LogP contribution in [0, 0.1) is 0 Å². The molecule has 1 fully saturated rings. The highest BCUT2D eigenvalue weighted by atomic mass is 19.4. The van der Waals surface area contributed by atoms with E-state index >= 15 is 0 Å². The number of halogens is 3. The summed E-state index contributed by atoms with van der Waals surface area (Å²) in [5.41, 5.74) is 0.695. The van der Waals surface area contributed by atoms with Gasteiger partial charge in [-0.05, 0) is 12.1 Å². The lowest BCUT2D eigenvalue weighted by Crippen LogP contribution is -2.51. The second-order valence-corrected chi connectivity index (χ2v) is 4.73. The number of pyridine rings is 1. The zero-order valence-corrected chi connectivity index (χ0v) is 11.3. The van der Waals surface area contributed by atoms with Gasteiger partial charge in [0, 0.05) is 19.3 Å². The first kappa shape index (κ1) is 15.7. The highest BCUT2D eigenvalue weighted by molar-refractivity contribution is 5.77. The number of aromatic nitrogens is 1. The summed E-state index contributed by atoms with van der Waals surface area (Å²) in [4.78, 5) is 17.2. The minimum absolute atomic E-state index is 0.0301. The van der Waals surface area contributed by atoms with Gasteiger partial charge in [0.25, 0.3) is 0 Å². The summed E-state index contributed by atoms with van der Waals surface area (Å²) < 4.78 is 42.4. The monoisotopic (exact) mass is 303 g/mol. The fraction of sp³-hybridized carbons (Fsp3) is 0.538. The minimum Gasteiger partial charge on any atom is -0.366 e. The summed E-state index contributed by atoms with van der Waals surface area (Å²) >= 11 is 0. The third-order valence-corrected chi connectivity index (χ3v) is 3.08. The summed E-state index contributed by atoms with van der Waals surface area (Å²) in [5.74, 6) is -0.330. The SMILES string of the molecule is O=C(CN1CCO[C@@H](C(F)(F)F)C1)NCc1ccccn1. The number of morpholine rings is 1. The number of carbonyl (C=O) groups is 1. The molecule has 1 aromatic heterocycles. The Morgan fingerprint density at radius 2 is 2.29 bits per heavy atom. The lowest BCUT2D eigenvalue weighted by molar-refractivity contribution is -0.237. The van der Waals surface area contributed by atoms with Crippen LogP contribution in [0.1, 0.15) is 5.69 Å². The number of rotatable bonds is 4. The van der Waals surface area contributed by atoms with E-state index in [0.717, 1.165) is 0 Å². The molecule has 0 saturated carbocycles. The maximum absolute atomic E-state index is 12.6. The van der Waals surface area contributed by atoms with E-state index in [-0.39, 0.29) is 32.1 Å². The molecular weight excluding hydrogens is 287 g/mol. The van der Waals surface area contributed by atoms with Crippen LogP contribution in [0.2, 0.25) is 0 Å². The van der Waals surface area contributed by atoms with Gasteiger partial charge in [0.2, 0.25) is 5.91 Å². The Bertz CT molecular complexity index is 467. The van der Waals surface area contributed by atoms with Gasteiger partial charge in [-0.25, -0.2) is 0 Å². The zero-order chi connectivity index (χ0) is 15.3. The topological polar surface area (TPSA) is 54.5 Å². The smallest absolute Gasteiger partial charge is 0.366 e. The predicted octanol–water partition coefficient (Wildman–Crippen LogP) is 0.961. The number of carbonyl (C=O) groups excluding carboxylic acids is 1. The Hall–Kier alpha value is -1.67. The summed E-state index contributed by atoms with van der Waals surface area (Å²) in [5, 5.41) is 2.63. The summed E-state index contributed by atoms with van der Waals surface area (Å²) in [7, 11) is 0. The van der Waals surface area contributed by atoms with E-state index in [0.29, 0.717) is 12.2 Å². The predicted molar refractivity (Wildman–Crippen MR) is 68.3 cm³/mol. The van der Waals surface area contributed by atoms with Crippen molar-refractivity contribution in [1.82, 2.24) is 15.2 Å². The zero-order valence-electron chi connectivity index (χ0n) is 11.3. The van der Waals surface area contributed by atoms with Gasteiger partial charge in [0.1, 0.15) is 0 Å². The van der Waals surface area contributed by atoms with Crippen LogP contribution in [0.15, 0.2) is 24.4 Å². The minimum atomic E-state index is -4.40. The molecule has 8 heteroatoms. The Morgan fingerprint density at radius 1 is 1.48 bits per heavy atom. The average molecular weight is 303 g/mol. The van der Waals surface area contributed by atoms with E-state index in [4.69, 9.17) is 0 Å². The third kappa shape index (κ3) is 4.98. The van der Waals surface area contributed by atoms with Crippen molar-refractivity contribution < 1.29 is 22.7 Å². The molecule has 1 saturated heterocycles. The molecule has 2 heterocycles. The Labute approximate surface area is 120 Å². The van der Waals surface area contributed by atoms with E-state index in [1.54, 1.807) is 24.4 Å². The van der Waals surface area contributed by atoms with Gasteiger partial charge < -0.3 is 10.1 Å². The van der Waals surface area contributed by atoms with Gasteiger partial charge in [-0.15, -0.1) is 0 Å². The maximum atomic E-state index is 12.6. The van der Waals surface area contributed by atoms with Crippen LogP contribution in [-0.2, 0) is 16.1 Å². The first-order valence-corrected chi connectivity index (χ1v) is 6.52. The van der Waals surface area contributed by atoms with Crippen LogP contribution < -0.4 is 5.32 Å². The second kappa shape index (κ2) is 6.86. The molecular formula is C13H16F3N3O2. The standard InChI is InChI=1S/C13H16F3N3O2/c14-13(15,16)11-8-19(5-6-21-11)9-12(20)18-7-10-3-1-2-4-17-10/h1-4,11H,5-9H2,(H,18,20)/t11-/m1/s1. The van der Waals surface area contributed by atoms with Gasteiger partial charge in [0.05, 0.1) is 25.4 Å². The Balaban J connectivity index is 1.77. The average Bonchev–Trinajstić information content (AvgIpc) is 2.46. The van der Waals surface area contributed by atoms with Gasteiger partial charge in [-0.1, -0.05) is 6.07 Å². The van der Waals surface area contributed by atoms with Crippen LogP contribution >= 0.6 is 0 Å². The highest BCUT2D eigenvalue weighted by Crippen LogP contribution is 2.25. The molecule has 0 unspecified atom stereocenters. The molecule has 0 radical (unpaired) electrons. The van der Waals surface area contributed by atoms with Crippen molar-refractivity contribution in [3.63, 3.8) is 0 Å². The van der Waals surface area contributed by atoms with Crippen molar-refractivity contribution in [2.45, 2.75) is 18.8 Å². The molecule has 1 amide bonds. The van der Waals surface area contributed by atoms with E-state index in [1.807, 2.05) is 0 Å². The van der Waals surface area contributed by atoms with Crippen molar-refractivity contribution in [2.24, 2.45) is 0 Å². The van der Waals surface area contributed by atoms with Crippen LogP contribution in [0.4, 0.5) is 13.2 Å². The van der Waals surface area contributed by atoms with Gasteiger partial charge in [-0.2, -0.15) is 13.2 Å². The summed E-state index contributed by atoms with van der Waals surface area (Å²) in [6.07, 6.45) is -4.62. The molecule has 2 rings (SSSR count). The van der Waals surface area contributed by atoms with Gasteiger partial charge in [0.15, 0.2) is 6.10 Å². The lowest BCUT2D eigenvalue weighted by Gasteiger charge is -2.33. The number of hydrogen-bond donors (Lipinski definition) is 1. The number of nitrogens with one attached hydrogen (secondary N) is 1. The summed E-state index contributed by atoms with van der Waals surface area (Å²) in [6.45, 7) is 0.136. The van der Waals surface area contributed by atoms with Crippen LogP contribution in [0.3, 0.4) is 0 Å². The number of amides is 1. The Morgan fingerprint density at radius 3 is 2.95 bits per heavy atom. The number of hydrogen-bond acceptors (Lipinski definition) is 4. The number of ether oxygens (including phenoxy) is 1. The van der Waals surface area contributed by atoms with Crippen LogP contribution in [0.5, 0.6) is 0 Å². The van der Waals surface area contributed by atoms with E-state index in [2.05, 4.69) is 15.0 Å². The van der Waals surface area contributed by atoms with Crippen molar-refractivity contribution in [2.75, 3.05) is 26.2 Å². The molecule has 1 aliphatic heterocycles. The maximum Gasteiger partial charge on any atom is 0.415 e. The lowest BCUT2D eigenvalue weighted by atomic mass is 10.2. The van der Waals surface area contributed by atoms with Crippen molar-refractivity contribution in [3.05, 3.63) is 30.1 Å². The molecule has 21 heavy (non-hydrogen) atoms. The first-order valence-electron chi connectivity index (χ1n) is 6.52. The number of nitrogens with zero attached hydrogens (tertiary/aromatic N) is 2. The molecule has 0 spiro atoms. The largest absolute Gasteiger partial charge is 0.415 e. The fourth-order valence-electron chi connectivity index (χ4n) is 2.00. The van der Waals surface area contributed by atoms with Crippen LogP contribution in [0.25, 0.3) is 0 Å². The molecule has 0 aliphatic carbocycles. The van der Waals surface area contributed by atoms with Crippen LogP contribution in [-0.4, -0.2) is 54.3 Å². The molecule has 1 N–H and O–H groups in total. The van der Waals surface area contributed by atoms with E-state index < -0.39 is 12.3 Å². The van der Waals surface area contributed by atoms with Gasteiger partial charge >= 0.3 is 6.18 Å². The number of alkyl halides is 3. The molecule has 0 bridgehead atoms. The van der Waals surface area contributed by atoms with Crippen molar-refractivity contribution in [3.8, 4) is 0 Å².